The van der Waals surface area contributed by atoms with Gasteiger partial charge in [0.25, 0.3) is 11.2 Å². The Morgan fingerprint density at radius 1 is 1.12 bits per heavy atom. The van der Waals surface area contributed by atoms with E-state index in [2.05, 4.69) is 4.98 Å². The summed E-state index contributed by atoms with van der Waals surface area (Å²) in [5, 5.41) is 12.0. The minimum absolute atomic E-state index is 0.0124. The number of nitro benzene ring substituents is 1. The number of nitrogens with zero attached hydrogens (tertiary/aromatic N) is 1. The number of benzene rings is 2. The quantitative estimate of drug-likeness (QED) is 0.420. The summed E-state index contributed by atoms with van der Waals surface area (Å²) in [5.74, 6) is -0.449. The standard InChI is InChI=1S/C17H10Cl2N2O4/c18-11-3-2-10-7-12(17(23)20-14(10)8-11)16(22)6-9-1-4-13(19)15(5-9)21(24)25/h1-5,7-8H,6H2,(H,20,23). The van der Waals surface area contributed by atoms with E-state index in [0.717, 1.165) is 0 Å². The lowest BCUT2D eigenvalue weighted by Gasteiger charge is -2.04. The second-order valence-electron chi connectivity index (χ2n) is 5.39. The van der Waals surface area contributed by atoms with E-state index < -0.39 is 16.3 Å². The maximum absolute atomic E-state index is 12.5. The first-order valence-electron chi connectivity index (χ1n) is 7.14. The Bertz CT molecular complexity index is 1080. The highest BCUT2D eigenvalue weighted by Gasteiger charge is 2.17. The highest BCUT2D eigenvalue weighted by Crippen LogP contribution is 2.25. The average molecular weight is 377 g/mol. The van der Waals surface area contributed by atoms with Gasteiger partial charge in [-0.3, -0.25) is 19.7 Å². The lowest BCUT2D eigenvalue weighted by atomic mass is 10.0. The van der Waals surface area contributed by atoms with Crippen molar-refractivity contribution in [3.8, 4) is 0 Å². The van der Waals surface area contributed by atoms with Crippen LogP contribution in [-0.2, 0) is 6.42 Å². The van der Waals surface area contributed by atoms with Gasteiger partial charge >= 0.3 is 0 Å². The van der Waals surface area contributed by atoms with Gasteiger partial charge in [0.1, 0.15) is 5.02 Å². The Morgan fingerprint density at radius 2 is 1.88 bits per heavy atom. The molecule has 2 aromatic carbocycles. The summed E-state index contributed by atoms with van der Waals surface area (Å²) in [4.78, 5) is 37.5. The molecule has 0 spiro atoms. The molecule has 0 unspecified atom stereocenters. The van der Waals surface area contributed by atoms with Crippen LogP contribution >= 0.6 is 23.2 Å². The smallest absolute Gasteiger partial charge is 0.288 e. The number of rotatable bonds is 4. The van der Waals surface area contributed by atoms with E-state index in [1.165, 1.54) is 24.3 Å². The minimum atomic E-state index is -0.622. The molecule has 0 atom stereocenters. The second kappa shape index (κ2) is 6.66. The maximum Gasteiger partial charge on any atom is 0.288 e. The van der Waals surface area contributed by atoms with Crippen LogP contribution in [0.2, 0.25) is 10.0 Å². The number of nitro groups is 1. The summed E-state index contributed by atoms with van der Waals surface area (Å²) in [7, 11) is 0. The molecule has 6 nitrogen and oxygen atoms in total. The predicted octanol–water partition coefficient (Wildman–Crippen LogP) is 4.17. The number of carbonyl (C=O) groups excluding carboxylic acids is 1. The molecule has 0 radical (unpaired) electrons. The van der Waals surface area contributed by atoms with E-state index in [9.17, 15) is 19.7 Å². The number of pyridine rings is 1. The Hall–Kier alpha value is -2.70. The zero-order valence-corrected chi connectivity index (χ0v) is 14.1. The molecule has 0 aliphatic heterocycles. The number of carbonyl (C=O) groups is 1. The Labute approximate surface area is 151 Å². The van der Waals surface area contributed by atoms with Crippen LogP contribution in [0.3, 0.4) is 0 Å². The molecule has 25 heavy (non-hydrogen) atoms. The van der Waals surface area contributed by atoms with Crippen molar-refractivity contribution < 1.29 is 9.72 Å². The molecular weight excluding hydrogens is 367 g/mol. The molecule has 3 aromatic rings. The molecule has 0 aliphatic rings. The van der Waals surface area contributed by atoms with Crippen molar-refractivity contribution in [1.82, 2.24) is 4.98 Å². The van der Waals surface area contributed by atoms with Crippen molar-refractivity contribution >= 4 is 45.6 Å². The van der Waals surface area contributed by atoms with Crippen molar-refractivity contribution in [2.45, 2.75) is 6.42 Å². The highest BCUT2D eigenvalue weighted by molar-refractivity contribution is 6.32. The zero-order valence-electron chi connectivity index (χ0n) is 12.6. The zero-order chi connectivity index (χ0) is 18.1. The number of ketones is 1. The van der Waals surface area contributed by atoms with E-state index in [4.69, 9.17) is 23.2 Å². The van der Waals surface area contributed by atoms with E-state index in [-0.39, 0.29) is 22.7 Å². The SMILES string of the molecule is O=C(Cc1ccc(Cl)c([N+](=O)[O-])c1)c1cc2ccc(Cl)cc2[nH]c1=O. The lowest BCUT2D eigenvalue weighted by molar-refractivity contribution is -0.384. The van der Waals surface area contributed by atoms with Crippen LogP contribution in [0, 0.1) is 10.1 Å². The molecule has 0 saturated carbocycles. The number of fused-ring (bicyclic) bond motifs is 1. The normalized spacial score (nSPS) is 10.8. The van der Waals surface area contributed by atoms with Crippen molar-refractivity contribution in [3.05, 3.63) is 84.1 Å². The number of aromatic nitrogens is 1. The molecule has 1 aromatic heterocycles. The first-order chi connectivity index (χ1) is 11.8. The Morgan fingerprint density at radius 3 is 2.60 bits per heavy atom. The van der Waals surface area contributed by atoms with Crippen molar-refractivity contribution in [1.29, 1.82) is 0 Å². The molecule has 0 bridgehead atoms. The average Bonchev–Trinajstić information content (AvgIpc) is 2.55. The van der Waals surface area contributed by atoms with E-state index in [1.807, 2.05) is 0 Å². The van der Waals surface area contributed by atoms with Crippen LogP contribution in [0.15, 0.2) is 47.3 Å². The number of hydrogen-bond acceptors (Lipinski definition) is 4. The van der Waals surface area contributed by atoms with Gasteiger partial charge in [0.15, 0.2) is 5.78 Å². The van der Waals surface area contributed by atoms with Gasteiger partial charge in [-0.2, -0.15) is 0 Å². The Kier molecular flexibility index (Phi) is 4.57. The van der Waals surface area contributed by atoms with Gasteiger partial charge in [-0.1, -0.05) is 35.3 Å². The molecule has 0 amide bonds. The molecule has 0 aliphatic carbocycles. The maximum atomic E-state index is 12.5. The molecule has 1 heterocycles. The molecule has 126 valence electrons. The van der Waals surface area contributed by atoms with Gasteiger partial charge in [0, 0.05) is 23.0 Å². The van der Waals surface area contributed by atoms with Crippen LogP contribution in [0.25, 0.3) is 10.9 Å². The highest BCUT2D eigenvalue weighted by atomic mass is 35.5. The van der Waals surface area contributed by atoms with Crippen LogP contribution in [-0.4, -0.2) is 15.7 Å². The van der Waals surface area contributed by atoms with Gasteiger partial charge in [0.2, 0.25) is 0 Å². The van der Waals surface area contributed by atoms with Crippen molar-refractivity contribution in [2.24, 2.45) is 0 Å². The third-order valence-electron chi connectivity index (χ3n) is 3.68. The molecule has 0 saturated heterocycles. The summed E-state index contributed by atoms with van der Waals surface area (Å²) < 4.78 is 0. The monoisotopic (exact) mass is 376 g/mol. The fourth-order valence-corrected chi connectivity index (χ4v) is 2.83. The first-order valence-corrected chi connectivity index (χ1v) is 7.89. The molecule has 3 rings (SSSR count). The third kappa shape index (κ3) is 3.55. The van der Waals surface area contributed by atoms with Gasteiger partial charge in [-0.05, 0) is 35.2 Å². The number of Topliss-reactive ketones (excluding diaryl/α,β-unsaturated/α-hetero) is 1. The van der Waals surface area contributed by atoms with Crippen LogP contribution < -0.4 is 5.56 Å². The van der Waals surface area contributed by atoms with Crippen LogP contribution in [0.4, 0.5) is 5.69 Å². The molecular formula is C17H10Cl2N2O4. The fraction of sp³-hybridized carbons (Fsp3) is 0.0588. The number of halogens is 2. The third-order valence-corrected chi connectivity index (χ3v) is 4.24. The summed E-state index contributed by atoms with van der Waals surface area (Å²) in [6.45, 7) is 0. The predicted molar refractivity (Wildman–Crippen MR) is 95.7 cm³/mol. The van der Waals surface area contributed by atoms with E-state index >= 15 is 0 Å². The van der Waals surface area contributed by atoms with Gasteiger partial charge in [0.05, 0.1) is 10.5 Å². The van der Waals surface area contributed by atoms with Gasteiger partial charge in [-0.15, -0.1) is 0 Å². The fourth-order valence-electron chi connectivity index (χ4n) is 2.47. The van der Waals surface area contributed by atoms with Gasteiger partial charge in [-0.25, -0.2) is 0 Å². The summed E-state index contributed by atoms with van der Waals surface area (Å²) >= 11 is 11.6. The minimum Gasteiger partial charge on any atom is -0.321 e. The largest absolute Gasteiger partial charge is 0.321 e. The number of H-pyrrole nitrogens is 1. The Balaban J connectivity index is 1.96. The number of aromatic amines is 1. The summed E-state index contributed by atoms with van der Waals surface area (Å²) in [6, 6.07) is 10.5. The summed E-state index contributed by atoms with van der Waals surface area (Å²) in [6.07, 6.45) is -0.153. The van der Waals surface area contributed by atoms with Crippen molar-refractivity contribution in [2.75, 3.05) is 0 Å². The van der Waals surface area contributed by atoms with E-state index in [1.54, 1.807) is 18.2 Å². The number of hydrogen-bond donors (Lipinski definition) is 1. The van der Waals surface area contributed by atoms with Crippen molar-refractivity contribution in [3.63, 3.8) is 0 Å². The van der Waals surface area contributed by atoms with E-state index in [0.29, 0.717) is 21.5 Å². The molecule has 1 N–H and O–H groups in total. The molecule has 8 heteroatoms. The van der Waals surface area contributed by atoms with Crippen LogP contribution in [0.1, 0.15) is 15.9 Å². The first kappa shape index (κ1) is 17.1. The summed E-state index contributed by atoms with van der Waals surface area (Å²) in [5.41, 5.74) is 0.0811. The van der Waals surface area contributed by atoms with Crippen LogP contribution in [0.5, 0.6) is 0 Å². The number of nitrogens with one attached hydrogen (secondary N) is 1. The van der Waals surface area contributed by atoms with Gasteiger partial charge < -0.3 is 4.98 Å². The second-order valence-corrected chi connectivity index (χ2v) is 6.23. The lowest BCUT2D eigenvalue weighted by Crippen LogP contribution is -2.19. The molecule has 0 fully saturated rings. The topological polar surface area (TPSA) is 93.1 Å².